The summed E-state index contributed by atoms with van der Waals surface area (Å²) in [6, 6.07) is 12.2. The number of nitrogens with one attached hydrogen (secondary N) is 3. The van der Waals surface area contributed by atoms with Crippen molar-refractivity contribution in [1.29, 1.82) is 0 Å². The van der Waals surface area contributed by atoms with E-state index in [9.17, 15) is 19.2 Å². The topological polar surface area (TPSA) is 114 Å². The molecule has 0 aliphatic heterocycles. The van der Waals surface area contributed by atoms with E-state index in [-0.39, 0.29) is 24.7 Å². The maximum Gasteiger partial charge on any atom is 0.306 e. The Balaban J connectivity index is 1.71. The van der Waals surface area contributed by atoms with Crippen LogP contribution in [0.25, 0.3) is 0 Å². The minimum Gasteiger partial charge on any atom is -0.456 e. The van der Waals surface area contributed by atoms with Crippen LogP contribution >= 0.6 is 0 Å². The average molecular weight is 411 g/mol. The van der Waals surface area contributed by atoms with Crippen molar-refractivity contribution >= 4 is 40.8 Å². The third-order valence-electron chi connectivity index (χ3n) is 4.16. The number of anilines is 3. The molecule has 3 N–H and O–H groups in total. The second kappa shape index (κ2) is 10.8. The Morgan fingerprint density at radius 3 is 1.90 bits per heavy atom. The van der Waals surface area contributed by atoms with Gasteiger partial charge < -0.3 is 20.7 Å². The molecule has 2 aromatic rings. The van der Waals surface area contributed by atoms with Crippen molar-refractivity contribution in [2.75, 3.05) is 22.6 Å². The second-order valence-corrected chi connectivity index (χ2v) is 6.78. The van der Waals surface area contributed by atoms with Crippen LogP contribution in [0.1, 0.15) is 30.9 Å². The van der Waals surface area contributed by atoms with E-state index < -0.39 is 18.5 Å². The van der Waals surface area contributed by atoms with E-state index in [2.05, 4.69) is 16.0 Å². The molecule has 0 radical (unpaired) electrons. The fourth-order valence-electron chi connectivity index (χ4n) is 2.68. The molecule has 0 aromatic heterocycles. The van der Waals surface area contributed by atoms with E-state index in [0.717, 1.165) is 16.8 Å². The number of hydrogen-bond donors (Lipinski definition) is 3. The van der Waals surface area contributed by atoms with Crippen LogP contribution in [-0.4, -0.2) is 30.3 Å². The van der Waals surface area contributed by atoms with Gasteiger partial charge in [0.2, 0.25) is 11.8 Å². The smallest absolute Gasteiger partial charge is 0.306 e. The van der Waals surface area contributed by atoms with Gasteiger partial charge in [-0.25, -0.2) is 0 Å². The number of rotatable bonds is 8. The molecular formula is C22H25N3O5. The lowest BCUT2D eigenvalue weighted by molar-refractivity contribution is -0.147. The summed E-state index contributed by atoms with van der Waals surface area (Å²) >= 11 is 0. The zero-order valence-corrected chi connectivity index (χ0v) is 17.2. The van der Waals surface area contributed by atoms with Gasteiger partial charge in [0.15, 0.2) is 6.61 Å². The first-order chi connectivity index (χ1) is 14.2. The van der Waals surface area contributed by atoms with E-state index in [1.807, 2.05) is 32.0 Å². The lowest BCUT2D eigenvalue weighted by Crippen LogP contribution is -2.22. The second-order valence-electron chi connectivity index (χ2n) is 6.78. The van der Waals surface area contributed by atoms with Gasteiger partial charge in [-0.05, 0) is 49.2 Å². The molecule has 0 fully saturated rings. The standard InChI is InChI=1S/C22H25N3O5/c1-14-5-4-6-15(2)22(14)25-19(27)11-12-21(29)30-13-20(28)24-18-9-7-17(8-10-18)23-16(3)26/h4-10H,11-13H2,1-3H3,(H,23,26)(H,24,28)(H,25,27). The SMILES string of the molecule is CC(=O)Nc1ccc(NC(=O)COC(=O)CCC(=O)Nc2c(C)cccc2C)cc1. The lowest BCUT2D eigenvalue weighted by atomic mass is 10.1. The first kappa shape index (κ1) is 22.6. The Labute approximate surface area is 175 Å². The predicted molar refractivity (Wildman–Crippen MR) is 114 cm³/mol. The maximum atomic E-state index is 12.1. The van der Waals surface area contributed by atoms with E-state index in [1.165, 1.54) is 6.92 Å². The summed E-state index contributed by atoms with van der Waals surface area (Å²) in [5.74, 6) is -1.63. The highest BCUT2D eigenvalue weighted by Crippen LogP contribution is 2.19. The van der Waals surface area contributed by atoms with Crippen LogP contribution in [0.2, 0.25) is 0 Å². The largest absolute Gasteiger partial charge is 0.456 e. The van der Waals surface area contributed by atoms with Crippen molar-refractivity contribution in [1.82, 2.24) is 0 Å². The molecule has 30 heavy (non-hydrogen) atoms. The first-order valence-electron chi connectivity index (χ1n) is 9.44. The Kier molecular flexibility index (Phi) is 8.10. The van der Waals surface area contributed by atoms with E-state index in [4.69, 9.17) is 4.74 Å². The Bertz CT molecular complexity index is 918. The molecular weight excluding hydrogens is 386 g/mol. The number of carbonyl (C=O) groups is 4. The maximum absolute atomic E-state index is 12.1. The summed E-state index contributed by atoms with van der Waals surface area (Å²) in [5, 5.41) is 7.99. The molecule has 8 nitrogen and oxygen atoms in total. The van der Waals surface area contributed by atoms with Crippen molar-refractivity contribution in [2.45, 2.75) is 33.6 Å². The summed E-state index contributed by atoms with van der Waals surface area (Å²) in [5.41, 5.74) is 3.71. The monoisotopic (exact) mass is 411 g/mol. The van der Waals surface area contributed by atoms with Crippen molar-refractivity contribution < 1.29 is 23.9 Å². The summed E-state index contributed by atoms with van der Waals surface area (Å²) in [6.45, 7) is 4.73. The van der Waals surface area contributed by atoms with Gasteiger partial charge in [0.05, 0.1) is 6.42 Å². The normalized spacial score (nSPS) is 10.1. The van der Waals surface area contributed by atoms with Crippen molar-refractivity contribution in [3.8, 4) is 0 Å². The minimum atomic E-state index is -0.636. The number of esters is 1. The lowest BCUT2D eigenvalue weighted by Gasteiger charge is -2.11. The summed E-state index contributed by atoms with van der Waals surface area (Å²) in [7, 11) is 0. The molecule has 0 bridgehead atoms. The molecule has 2 aromatic carbocycles. The van der Waals surface area contributed by atoms with Crippen LogP contribution in [0.4, 0.5) is 17.1 Å². The van der Waals surface area contributed by atoms with E-state index in [0.29, 0.717) is 11.4 Å². The van der Waals surface area contributed by atoms with Crippen LogP contribution in [-0.2, 0) is 23.9 Å². The number of amides is 3. The summed E-state index contributed by atoms with van der Waals surface area (Å²) < 4.78 is 4.91. The highest BCUT2D eigenvalue weighted by molar-refractivity contribution is 5.95. The van der Waals surface area contributed by atoms with Gasteiger partial charge in [0.1, 0.15) is 0 Å². The molecule has 8 heteroatoms. The molecule has 2 rings (SSSR count). The van der Waals surface area contributed by atoms with Crippen LogP contribution in [0.5, 0.6) is 0 Å². The first-order valence-corrected chi connectivity index (χ1v) is 9.44. The molecule has 158 valence electrons. The minimum absolute atomic E-state index is 0.0428. The molecule has 0 atom stereocenters. The van der Waals surface area contributed by atoms with Crippen LogP contribution < -0.4 is 16.0 Å². The molecule has 3 amide bonds. The predicted octanol–water partition coefficient (Wildman–Crippen LogP) is 3.16. The number of aryl methyl sites for hydroxylation is 2. The highest BCUT2D eigenvalue weighted by atomic mass is 16.5. The summed E-state index contributed by atoms with van der Waals surface area (Å²) in [6.07, 6.45) is -0.172. The van der Waals surface area contributed by atoms with Crippen molar-refractivity contribution in [3.63, 3.8) is 0 Å². The number of ether oxygens (including phenoxy) is 1. The third kappa shape index (κ3) is 7.38. The summed E-state index contributed by atoms with van der Waals surface area (Å²) in [4.78, 5) is 46.8. The highest BCUT2D eigenvalue weighted by Gasteiger charge is 2.12. The van der Waals surface area contributed by atoms with Crippen LogP contribution in [0.3, 0.4) is 0 Å². The van der Waals surface area contributed by atoms with E-state index in [1.54, 1.807) is 24.3 Å². The number of para-hydroxylation sites is 1. The number of carbonyl (C=O) groups excluding carboxylic acids is 4. The molecule has 0 unspecified atom stereocenters. The van der Waals surface area contributed by atoms with Crippen LogP contribution in [0.15, 0.2) is 42.5 Å². The molecule has 0 saturated heterocycles. The zero-order valence-electron chi connectivity index (χ0n) is 17.2. The van der Waals surface area contributed by atoms with Gasteiger partial charge in [-0.1, -0.05) is 18.2 Å². The van der Waals surface area contributed by atoms with Gasteiger partial charge in [-0.15, -0.1) is 0 Å². The molecule has 0 aliphatic carbocycles. The molecule has 0 heterocycles. The van der Waals surface area contributed by atoms with Gasteiger partial charge >= 0.3 is 5.97 Å². The third-order valence-corrected chi connectivity index (χ3v) is 4.16. The molecule has 0 saturated carbocycles. The number of hydrogen-bond acceptors (Lipinski definition) is 5. The van der Waals surface area contributed by atoms with Gasteiger partial charge in [0, 0.05) is 30.4 Å². The Hall–Kier alpha value is -3.68. The quantitative estimate of drug-likeness (QED) is 0.578. The van der Waals surface area contributed by atoms with Crippen LogP contribution in [0, 0.1) is 13.8 Å². The van der Waals surface area contributed by atoms with E-state index >= 15 is 0 Å². The van der Waals surface area contributed by atoms with Gasteiger partial charge in [-0.3, -0.25) is 19.2 Å². The Morgan fingerprint density at radius 2 is 1.33 bits per heavy atom. The molecule has 0 aliphatic rings. The van der Waals surface area contributed by atoms with Gasteiger partial charge in [0.25, 0.3) is 5.91 Å². The van der Waals surface area contributed by atoms with Crippen molar-refractivity contribution in [2.24, 2.45) is 0 Å². The van der Waals surface area contributed by atoms with Gasteiger partial charge in [-0.2, -0.15) is 0 Å². The average Bonchev–Trinajstić information content (AvgIpc) is 2.69. The fourth-order valence-corrected chi connectivity index (χ4v) is 2.68. The Morgan fingerprint density at radius 1 is 0.767 bits per heavy atom. The molecule has 0 spiro atoms. The number of benzene rings is 2. The zero-order chi connectivity index (χ0) is 22.1. The fraction of sp³-hybridized carbons (Fsp3) is 0.273. The van der Waals surface area contributed by atoms with Crippen molar-refractivity contribution in [3.05, 3.63) is 53.6 Å².